The Kier molecular flexibility index (Phi) is 7.55. The molecule has 0 unspecified atom stereocenters. The van der Waals surface area contributed by atoms with Gasteiger partial charge in [0.2, 0.25) is 0 Å². The highest BCUT2D eigenvalue weighted by atomic mass is 32.2. The summed E-state index contributed by atoms with van der Waals surface area (Å²) in [5, 5.41) is 0. The summed E-state index contributed by atoms with van der Waals surface area (Å²) in [6, 6.07) is 7.19. The Morgan fingerprint density at radius 1 is 1.17 bits per heavy atom. The molecule has 0 saturated carbocycles. The fourth-order valence-corrected chi connectivity index (χ4v) is 4.27. The predicted octanol–water partition coefficient (Wildman–Crippen LogP) is 3.24. The van der Waals surface area contributed by atoms with Crippen LogP contribution in [0.3, 0.4) is 0 Å². The van der Waals surface area contributed by atoms with Crippen LogP contribution in [0, 0.1) is 5.92 Å². The Morgan fingerprint density at radius 3 is 2.35 bits per heavy atom. The lowest BCUT2D eigenvalue weighted by atomic mass is 10.1. The summed E-state index contributed by atoms with van der Waals surface area (Å²) in [5.74, 6) is 0.461. The topological polar surface area (TPSA) is 63.7 Å². The Morgan fingerprint density at radius 2 is 1.78 bits per heavy atom. The lowest BCUT2D eigenvalue weighted by Crippen LogP contribution is -2.22. The van der Waals surface area contributed by atoms with Crippen LogP contribution in [0.1, 0.15) is 37.8 Å². The molecule has 130 valence electrons. The van der Waals surface area contributed by atoms with Gasteiger partial charge in [0, 0.05) is 14.1 Å². The van der Waals surface area contributed by atoms with E-state index in [4.69, 9.17) is 4.74 Å². The number of amides is 1. The maximum atomic E-state index is 12.3. The number of carbonyl (C=O) groups excluding carboxylic acids is 1. The third-order valence-electron chi connectivity index (χ3n) is 3.75. The first kappa shape index (κ1) is 19.5. The monoisotopic (exact) mass is 341 g/mol. The molecule has 1 aromatic rings. The van der Waals surface area contributed by atoms with Crippen LogP contribution in [0.25, 0.3) is 0 Å². The minimum Gasteiger partial charge on any atom is -0.445 e. The molecule has 0 heterocycles. The van der Waals surface area contributed by atoms with Crippen molar-refractivity contribution in [1.29, 1.82) is 0 Å². The van der Waals surface area contributed by atoms with Crippen LogP contribution < -0.4 is 0 Å². The van der Waals surface area contributed by atoms with Gasteiger partial charge in [0.25, 0.3) is 0 Å². The summed E-state index contributed by atoms with van der Waals surface area (Å²) in [5.41, 5.74) is 1.52. The van der Waals surface area contributed by atoms with Gasteiger partial charge in [0.05, 0.1) is 11.5 Å². The standard InChI is InChI=1S/C17H27NO4S/c1-5-14(6-2)12-23(20,21)13-16-9-7-8-15(10-16)11-22-17(19)18(3)4/h7-10,14H,5-6,11-13H2,1-4H3. The molecule has 6 heteroatoms. The van der Waals surface area contributed by atoms with Crippen LogP contribution in [0.5, 0.6) is 0 Å². The molecule has 0 fully saturated rings. The summed E-state index contributed by atoms with van der Waals surface area (Å²) < 4.78 is 29.7. The lowest BCUT2D eigenvalue weighted by Gasteiger charge is -2.13. The molecule has 0 aliphatic rings. The molecule has 0 N–H and O–H groups in total. The SMILES string of the molecule is CCC(CC)CS(=O)(=O)Cc1cccc(COC(=O)N(C)C)c1. The van der Waals surface area contributed by atoms with Crippen LogP contribution in [-0.4, -0.2) is 39.3 Å². The number of sulfone groups is 1. The van der Waals surface area contributed by atoms with Crippen molar-refractivity contribution in [2.75, 3.05) is 19.8 Å². The first-order chi connectivity index (χ1) is 10.8. The van der Waals surface area contributed by atoms with Gasteiger partial charge >= 0.3 is 6.09 Å². The van der Waals surface area contributed by atoms with Crippen molar-refractivity contribution >= 4 is 15.9 Å². The second-order valence-corrected chi connectivity index (χ2v) is 8.12. The lowest BCUT2D eigenvalue weighted by molar-refractivity contribution is 0.112. The fourth-order valence-electron chi connectivity index (χ4n) is 2.28. The molecule has 0 aliphatic heterocycles. The minimum atomic E-state index is -3.14. The second-order valence-electron chi connectivity index (χ2n) is 6.01. The van der Waals surface area contributed by atoms with E-state index < -0.39 is 15.9 Å². The average molecular weight is 341 g/mol. The normalized spacial score (nSPS) is 11.5. The predicted molar refractivity (Wildman–Crippen MR) is 91.9 cm³/mol. The number of ether oxygens (including phenoxy) is 1. The number of nitrogens with zero attached hydrogens (tertiary/aromatic N) is 1. The maximum absolute atomic E-state index is 12.3. The third kappa shape index (κ3) is 7.03. The second kappa shape index (κ2) is 8.91. The molecule has 0 saturated heterocycles. The highest BCUT2D eigenvalue weighted by molar-refractivity contribution is 7.90. The highest BCUT2D eigenvalue weighted by Crippen LogP contribution is 2.16. The van der Waals surface area contributed by atoms with Crippen LogP contribution in [0.15, 0.2) is 24.3 Å². The minimum absolute atomic E-state index is 0.0268. The summed E-state index contributed by atoms with van der Waals surface area (Å²) in [6.45, 7) is 4.17. The van der Waals surface area contributed by atoms with Gasteiger partial charge < -0.3 is 9.64 Å². The van der Waals surface area contributed by atoms with Gasteiger partial charge in [-0.05, 0) is 17.0 Å². The maximum Gasteiger partial charge on any atom is 0.409 e. The van der Waals surface area contributed by atoms with Crippen LogP contribution in [0.4, 0.5) is 4.79 Å². The average Bonchev–Trinajstić information content (AvgIpc) is 2.50. The van der Waals surface area contributed by atoms with Gasteiger partial charge in [-0.15, -0.1) is 0 Å². The molecule has 0 bridgehead atoms. The van der Waals surface area contributed by atoms with Crippen LogP contribution in [0.2, 0.25) is 0 Å². The van der Waals surface area contributed by atoms with E-state index in [0.717, 1.165) is 24.0 Å². The van der Waals surface area contributed by atoms with E-state index in [1.807, 2.05) is 19.9 Å². The molecule has 0 atom stereocenters. The number of benzene rings is 1. The van der Waals surface area contributed by atoms with E-state index in [2.05, 4.69) is 0 Å². The summed E-state index contributed by atoms with van der Waals surface area (Å²) in [6.07, 6.45) is 1.32. The van der Waals surface area contributed by atoms with E-state index in [-0.39, 0.29) is 24.0 Å². The zero-order valence-electron chi connectivity index (χ0n) is 14.4. The Bertz CT molecular complexity index is 607. The Balaban J connectivity index is 2.71. The first-order valence-corrected chi connectivity index (χ1v) is 9.71. The van der Waals surface area contributed by atoms with Crippen molar-refractivity contribution in [1.82, 2.24) is 4.90 Å². The zero-order chi connectivity index (χ0) is 17.5. The van der Waals surface area contributed by atoms with Gasteiger partial charge in [-0.3, -0.25) is 0 Å². The van der Waals surface area contributed by atoms with E-state index >= 15 is 0 Å². The van der Waals surface area contributed by atoms with E-state index in [1.165, 1.54) is 4.90 Å². The van der Waals surface area contributed by atoms with Crippen LogP contribution >= 0.6 is 0 Å². The van der Waals surface area contributed by atoms with Crippen molar-refractivity contribution < 1.29 is 17.9 Å². The van der Waals surface area contributed by atoms with Gasteiger partial charge in [0.1, 0.15) is 6.61 Å². The fraction of sp³-hybridized carbons (Fsp3) is 0.588. The molecule has 0 aromatic heterocycles. The third-order valence-corrected chi connectivity index (χ3v) is 5.50. The smallest absolute Gasteiger partial charge is 0.409 e. The molecule has 23 heavy (non-hydrogen) atoms. The number of hydrogen-bond donors (Lipinski definition) is 0. The van der Waals surface area contributed by atoms with Crippen molar-refractivity contribution in [3.05, 3.63) is 35.4 Å². The van der Waals surface area contributed by atoms with E-state index in [1.54, 1.807) is 32.3 Å². The van der Waals surface area contributed by atoms with Crippen molar-refractivity contribution in [3.8, 4) is 0 Å². The van der Waals surface area contributed by atoms with E-state index in [0.29, 0.717) is 0 Å². The Labute approximate surface area is 139 Å². The molecule has 0 radical (unpaired) electrons. The van der Waals surface area contributed by atoms with Gasteiger partial charge in [-0.25, -0.2) is 13.2 Å². The highest BCUT2D eigenvalue weighted by Gasteiger charge is 2.17. The Hall–Kier alpha value is -1.56. The number of hydrogen-bond acceptors (Lipinski definition) is 4. The van der Waals surface area contributed by atoms with Crippen molar-refractivity contribution in [2.24, 2.45) is 5.92 Å². The first-order valence-electron chi connectivity index (χ1n) is 7.89. The molecule has 1 rings (SSSR count). The van der Waals surface area contributed by atoms with Gasteiger partial charge in [-0.2, -0.15) is 0 Å². The van der Waals surface area contributed by atoms with Crippen LogP contribution in [-0.2, 0) is 26.9 Å². The molecule has 1 amide bonds. The quantitative estimate of drug-likeness (QED) is 0.728. The largest absolute Gasteiger partial charge is 0.445 e. The number of carbonyl (C=O) groups is 1. The number of rotatable bonds is 8. The summed E-state index contributed by atoms with van der Waals surface area (Å²) in [4.78, 5) is 12.8. The van der Waals surface area contributed by atoms with Crippen molar-refractivity contribution in [2.45, 2.75) is 39.0 Å². The molecule has 1 aromatic carbocycles. The van der Waals surface area contributed by atoms with Gasteiger partial charge in [-0.1, -0.05) is 51.0 Å². The summed E-state index contributed by atoms with van der Waals surface area (Å²) >= 11 is 0. The molecule has 5 nitrogen and oxygen atoms in total. The molecular weight excluding hydrogens is 314 g/mol. The van der Waals surface area contributed by atoms with Crippen molar-refractivity contribution in [3.63, 3.8) is 0 Å². The van der Waals surface area contributed by atoms with Gasteiger partial charge in [0.15, 0.2) is 9.84 Å². The zero-order valence-corrected chi connectivity index (χ0v) is 15.2. The molecule has 0 aliphatic carbocycles. The summed E-state index contributed by atoms with van der Waals surface area (Å²) in [7, 11) is 0.0931. The molecular formula is C17H27NO4S. The molecule has 0 spiro atoms. The van der Waals surface area contributed by atoms with E-state index in [9.17, 15) is 13.2 Å².